The molecule has 2 aromatic rings. The summed E-state index contributed by atoms with van der Waals surface area (Å²) in [6, 6.07) is 6.81. The molecule has 0 fully saturated rings. The first-order valence-electron chi connectivity index (χ1n) is 6.65. The minimum Gasteiger partial charge on any atom is -0.373 e. The average molecular weight is 273 g/mol. The van der Waals surface area contributed by atoms with Crippen molar-refractivity contribution in [2.75, 3.05) is 12.4 Å². The Morgan fingerprint density at radius 3 is 2.40 bits per heavy atom. The van der Waals surface area contributed by atoms with Gasteiger partial charge in [0.1, 0.15) is 17.5 Å². The molecule has 0 aliphatic heterocycles. The Bertz CT molecular complexity index is 630. The van der Waals surface area contributed by atoms with Gasteiger partial charge in [-0.25, -0.2) is 14.4 Å². The van der Waals surface area contributed by atoms with Crippen molar-refractivity contribution in [2.24, 2.45) is 0 Å². The molecule has 3 nitrogen and oxygen atoms in total. The third-order valence-corrected chi connectivity index (χ3v) is 3.05. The fourth-order valence-corrected chi connectivity index (χ4v) is 1.88. The van der Waals surface area contributed by atoms with E-state index in [4.69, 9.17) is 0 Å². The van der Waals surface area contributed by atoms with Crippen LogP contribution in [0.2, 0.25) is 0 Å². The van der Waals surface area contributed by atoms with Crippen LogP contribution >= 0.6 is 0 Å². The second-order valence-corrected chi connectivity index (χ2v) is 5.95. The standard InChI is InChI=1S/C16H20FN3/c1-10-6-7-12(17)11(8-10)13-9-14(18-5)20-15(19-13)16(2,3)4/h6-9H,1-5H3,(H,18,19,20). The SMILES string of the molecule is CNc1cc(-c2cc(C)ccc2F)nc(C(C)(C)C)n1. The molecule has 0 saturated carbocycles. The van der Waals surface area contributed by atoms with Gasteiger partial charge < -0.3 is 5.32 Å². The summed E-state index contributed by atoms with van der Waals surface area (Å²) < 4.78 is 14.0. The van der Waals surface area contributed by atoms with Crippen LogP contribution in [0.3, 0.4) is 0 Å². The molecule has 0 amide bonds. The van der Waals surface area contributed by atoms with E-state index in [-0.39, 0.29) is 11.2 Å². The summed E-state index contributed by atoms with van der Waals surface area (Å²) in [6.45, 7) is 8.06. The van der Waals surface area contributed by atoms with E-state index in [0.717, 1.165) is 5.56 Å². The number of nitrogens with zero attached hydrogens (tertiary/aromatic N) is 2. The number of rotatable bonds is 2. The highest BCUT2D eigenvalue weighted by Gasteiger charge is 2.20. The molecule has 0 radical (unpaired) electrons. The van der Waals surface area contributed by atoms with Crippen molar-refractivity contribution in [3.63, 3.8) is 0 Å². The van der Waals surface area contributed by atoms with Crippen LogP contribution in [-0.4, -0.2) is 17.0 Å². The third kappa shape index (κ3) is 2.95. The van der Waals surface area contributed by atoms with Crippen molar-refractivity contribution in [3.8, 4) is 11.3 Å². The minimum atomic E-state index is -0.267. The number of anilines is 1. The molecule has 4 heteroatoms. The Balaban J connectivity index is 2.64. The largest absolute Gasteiger partial charge is 0.373 e. The number of benzene rings is 1. The molecule has 0 spiro atoms. The van der Waals surface area contributed by atoms with Crippen molar-refractivity contribution in [1.29, 1.82) is 0 Å². The smallest absolute Gasteiger partial charge is 0.136 e. The van der Waals surface area contributed by atoms with Gasteiger partial charge in [0.15, 0.2) is 0 Å². The number of aryl methyl sites for hydroxylation is 1. The van der Waals surface area contributed by atoms with Crippen molar-refractivity contribution < 1.29 is 4.39 Å². The molecule has 0 atom stereocenters. The zero-order chi connectivity index (χ0) is 14.9. The van der Waals surface area contributed by atoms with Crippen molar-refractivity contribution in [3.05, 3.63) is 41.5 Å². The number of nitrogens with one attached hydrogen (secondary N) is 1. The van der Waals surface area contributed by atoms with Gasteiger partial charge in [0.2, 0.25) is 0 Å². The molecule has 0 aliphatic rings. The summed E-state index contributed by atoms with van der Waals surface area (Å²) in [5.41, 5.74) is 1.93. The number of aromatic nitrogens is 2. The molecular formula is C16H20FN3. The van der Waals surface area contributed by atoms with Crippen LogP contribution in [0, 0.1) is 12.7 Å². The van der Waals surface area contributed by atoms with Gasteiger partial charge in [0.05, 0.1) is 5.69 Å². The Labute approximate surface area is 119 Å². The van der Waals surface area contributed by atoms with Gasteiger partial charge in [-0.1, -0.05) is 32.4 Å². The first-order chi connectivity index (χ1) is 9.31. The molecule has 106 valence electrons. The summed E-state index contributed by atoms with van der Waals surface area (Å²) in [5, 5.41) is 3.01. The lowest BCUT2D eigenvalue weighted by atomic mass is 9.95. The zero-order valence-corrected chi connectivity index (χ0v) is 12.6. The van der Waals surface area contributed by atoms with Crippen LogP contribution in [0.25, 0.3) is 11.3 Å². The molecule has 1 aromatic carbocycles. The molecule has 20 heavy (non-hydrogen) atoms. The lowest BCUT2D eigenvalue weighted by Crippen LogP contribution is -2.17. The number of hydrogen-bond acceptors (Lipinski definition) is 3. The molecular weight excluding hydrogens is 253 g/mol. The van der Waals surface area contributed by atoms with Crippen molar-refractivity contribution >= 4 is 5.82 Å². The predicted molar refractivity (Wildman–Crippen MR) is 80.4 cm³/mol. The van der Waals surface area contributed by atoms with Crippen molar-refractivity contribution in [1.82, 2.24) is 9.97 Å². The predicted octanol–water partition coefficient (Wildman–Crippen LogP) is 3.93. The van der Waals surface area contributed by atoms with Gasteiger partial charge in [0.25, 0.3) is 0 Å². The Morgan fingerprint density at radius 2 is 1.80 bits per heavy atom. The van der Waals surface area contributed by atoms with E-state index >= 15 is 0 Å². The highest BCUT2D eigenvalue weighted by Crippen LogP contribution is 2.27. The van der Waals surface area contributed by atoms with E-state index in [9.17, 15) is 4.39 Å². The third-order valence-electron chi connectivity index (χ3n) is 3.05. The Hall–Kier alpha value is -1.97. The summed E-state index contributed by atoms with van der Waals surface area (Å²) >= 11 is 0. The van der Waals surface area contributed by atoms with Crippen molar-refractivity contribution in [2.45, 2.75) is 33.1 Å². The molecule has 0 aliphatic carbocycles. The zero-order valence-electron chi connectivity index (χ0n) is 12.6. The van der Waals surface area contributed by atoms with Crippen LogP contribution < -0.4 is 5.32 Å². The van der Waals surface area contributed by atoms with Crippen LogP contribution in [0.5, 0.6) is 0 Å². The maximum atomic E-state index is 14.0. The summed E-state index contributed by atoms with van der Waals surface area (Å²) in [6.07, 6.45) is 0. The van der Waals surface area contributed by atoms with Crippen LogP contribution in [-0.2, 0) is 5.41 Å². The summed E-state index contributed by atoms with van der Waals surface area (Å²) in [7, 11) is 1.80. The lowest BCUT2D eigenvalue weighted by Gasteiger charge is -2.18. The van der Waals surface area contributed by atoms with Gasteiger partial charge in [-0.15, -0.1) is 0 Å². The number of halogens is 1. The molecule has 1 N–H and O–H groups in total. The molecule has 2 rings (SSSR count). The monoisotopic (exact) mass is 273 g/mol. The van der Waals surface area contributed by atoms with E-state index in [0.29, 0.717) is 22.9 Å². The second kappa shape index (κ2) is 5.19. The summed E-state index contributed by atoms with van der Waals surface area (Å²) in [4.78, 5) is 8.99. The highest BCUT2D eigenvalue weighted by molar-refractivity contribution is 5.64. The van der Waals surface area contributed by atoms with E-state index in [1.165, 1.54) is 6.07 Å². The highest BCUT2D eigenvalue weighted by atomic mass is 19.1. The normalized spacial score (nSPS) is 11.5. The van der Waals surface area contributed by atoms with E-state index in [2.05, 4.69) is 15.3 Å². The van der Waals surface area contributed by atoms with Gasteiger partial charge in [-0.05, 0) is 19.1 Å². The second-order valence-electron chi connectivity index (χ2n) is 5.95. The average Bonchev–Trinajstić information content (AvgIpc) is 2.40. The van der Waals surface area contributed by atoms with Crippen LogP contribution in [0.1, 0.15) is 32.2 Å². The Kier molecular flexibility index (Phi) is 3.75. The molecule has 0 bridgehead atoms. The fraction of sp³-hybridized carbons (Fsp3) is 0.375. The van der Waals surface area contributed by atoms with Crippen LogP contribution in [0.4, 0.5) is 10.2 Å². The van der Waals surface area contributed by atoms with Gasteiger partial charge in [-0.3, -0.25) is 0 Å². The first-order valence-corrected chi connectivity index (χ1v) is 6.65. The quantitative estimate of drug-likeness (QED) is 0.901. The summed E-state index contributed by atoms with van der Waals surface area (Å²) in [5.74, 6) is 1.12. The van der Waals surface area contributed by atoms with Gasteiger partial charge in [0, 0.05) is 24.1 Å². The fourth-order valence-electron chi connectivity index (χ4n) is 1.88. The first kappa shape index (κ1) is 14.4. The van der Waals surface area contributed by atoms with E-state index < -0.39 is 0 Å². The minimum absolute atomic E-state index is 0.193. The number of hydrogen-bond donors (Lipinski definition) is 1. The maximum Gasteiger partial charge on any atom is 0.136 e. The maximum absolute atomic E-state index is 14.0. The molecule has 0 unspecified atom stereocenters. The van der Waals surface area contributed by atoms with E-state index in [1.54, 1.807) is 19.2 Å². The van der Waals surface area contributed by atoms with E-state index in [1.807, 2.05) is 33.8 Å². The molecule has 1 heterocycles. The Morgan fingerprint density at radius 1 is 1.10 bits per heavy atom. The van der Waals surface area contributed by atoms with Gasteiger partial charge in [-0.2, -0.15) is 0 Å². The topological polar surface area (TPSA) is 37.8 Å². The molecule has 0 saturated heterocycles. The van der Waals surface area contributed by atoms with Gasteiger partial charge >= 0.3 is 0 Å². The van der Waals surface area contributed by atoms with Crippen LogP contribution in [0.15, 0.2) is 24.3 Å². The lowest BCUT2D eigenvalue weighted by molar-refractivity contribution is 0.546. The molecule has 1 aromatic heterocycles.